The molecular weight excluding hydrogens is 328 g/mol. The third-order valence-electron chi connectivity index (χ3n) is 5.73. The lowest BCUT2D eigenvalue weighted by atomic mass is 9.91. The van der Waals surface area contributed by atoms with Gasteiger partial charge in [0.25, 0.3) is 0 Å². The molecule has 0 bridgehead atoms. The maximum absolute atomic E-state index is 4.82. The van der Waals surface area contributed by atoms with Crippen LogP contribution in [0.5, 0.6) is 0 Å². The molecule has 25 heavy (non-hydrogen) atoms. The number of nitrogens with zero attached hydrogens (tertiary/aromatic N) is 4. The predicted molar refractivity (Wildman–Crippen MR) is 106 cm³/mol. The van der Waals surface area contributed by atoms with Crippen LogP contribution >= 0.6 is 11.9 Å². The van der Waals surface area contributed by atoms with Crippen molar-refractivity contribution in [3.63, 3.8) is 0 Å². The van der Waals surface area contributed by atoms with E-state index in [1.807, 2.05) is 11.9 Å². The van der Waals surface area contributed by atoms with Crippen molar-refractivity contribution < 1.29 is 0 Å². The Morgan fingerprint density at radius 3 is 2.32 bits per heavy atom. The van der Waals surface area contributed by atoms with Gasteiger partial charge in [0.1, 0.15) is 0 Å². The van der Waals surface area contributed by atoms with Gasteiger partial charge in [-0.1, -0.05) is 32.4 Å². The topological polar surface area (TPSA) is 22.1 Å². The molecule has 2 aliphatic heterocycles. The molecule has 0 spiro atoms. The van der Waals surface area contributed by atoms with Gasteiger partial charge in [0.05, 0.1) is 13.1 Å². The highest BCUT2D eigenvalue weighted by molar-refractivity contribution is 7.97. The van der Waals surface area contributed by atoms with E-state index >= 15 is 0 Å². The average Bonchev–Trinajstić information content (AvgIpc) is 3.03. The van der Waals surface area contributed by atoms with E-state index < -0.39 is 0 Å². The van der Waals surface area contributed by atoms with Gasteiger partial charge in [0.2, 0.25) is 5.96 Å². The number of benzene rings is 1. The van der Waals surface area contributed by atoms with Crippen LogP contribution in [0, 0.1) is 0 Å². The average molecular weight is 359 g/mol. The second-order valence-corrected chi connectivity index (χ2v) is 8.80. The maximum atomic E-state index is 4.82. The molecule has 0 radical (unpaired) electrons. The number of hydrogen-bond donors (Lipinski definition) is 0. The van der Waals surface area contributed by atoms with Gasteiger partial charge in [-0.2, -0.15) is 0 Å². The fourth-order valence-corrected chi connectivity index (χ4v) is 4.78. The molecule has 0 aromatic heterocycles. The summed E-state index contributed by atoms with van der Waals surface area (Å²) in [5.41, 5.74) is 1.41. The lowest BCUT2D eigenvalue weighted by Gasteiger charge is -2.44. The molecule has 0 amide bonds. The monoisotopic (exact) mass is 358 g/mol. The Morgan fingerprint density at radius 2 is 1.72 bits per heavy atom. The zero-order chi connectivity index (χ0) is 17.2. The van der Waals surface area contributed by atoms with Crippen LogP contribution in [0.4, 0.5) is 0 Å². The van der Waals surface area contributed by atoms with Gasteiger partial charge >= 0.3 is 0 Å². The normalized spacial score (nSPS) is 22.4. The molecular formula is C20H30N4S. The van der Waals surface area contributed by atoms with E-state index in [9.17, 15) is 0 Å². The highest BCUT2D eigenvalue weighted by Gasteiger charge is 2.31. The standard InChI is InChI=1S/C20H30N4S/c1-16(2)17-6-8-19(9-7-17)25-24-11-10-21-20(24)23-14-12-22(13-15-23)18-4-3-5-18/h6-9,16,18H,3-5,10-15H2,1-2H3. The first-order valence-corrected chi connectivity index (χ1v) is 10.6. The van der Waals surface area contributed by atoms with Gasteiger partial charge in [-0.15, -0.1) is 0 Å². The van der Waals surface area contributed by atoms with Crippen LogP contribution in [-0.2, 0) is 0 Å². The Hall–Kier alpha value is -1.20. The summed E-state index contributed by atoms with van der Waals surface area (Å²) in [6.07, 6.45) is 4.25. The fraction of sp³-hybridized carbons (Fsp3) is 0.650. The molecule has 2 heterocycles. The van der Waals surface area contributed by atoms with Crippen molar-refractivity contribution in [2.45, 2.75) is 50.0 Å². The first-order valence-electron chi connectivity index (χ1n) is 9.79. The molecule has 1 saturated heterocycles. The number of aliphatic imine (C=N–C) groups is 1. The smallest absolute Gasteiger partial charge is 0.207 e. The first-order chi connectivity index (χ1) is 12.2. The zero-order valence-electron chi connectivity index (χ0n) is 15.5. The molecule has 4 rings (SSSR count). The summed E-state index contributed by atoms with van der Waals surface area (Å²) in [4.78, 5) is 11.3. The third-order valence-corrected chi connectivity index (χ3v) is 6.78. The van der Waals surface area contributed by atoms with Gasteiger partial charge < -0.3 is 4.90 Å². The van der Waals surface area contributed by atoms with Crippen molar-refractivity contribution in [3.05, 3.63) is 29.8 Å². The molecule has 0 N–H and O–H groups in total. The zero-order valence-corrected chi connectivity index (χ0v) is 16.3. The van der Waals surface area contributed by atoms with E-state index in [0.29, 0.717) is 5.92 Å². The van der Waals surface area contributed by atoms with Crippen LogP contribution in [0.3, 0.4) is 0 Å². The van der Waals surface area contributed by atoms with Gasteiger partial charge in [0, 0.05) is 37.1 Å². The SMILES string of the molecule is CC(C)c1ccc(SN2CCN=C2N2CCN(C3CCC3)CC2)cc1. The minimum absolute atomic E-state index is 0.593. The first kappa shape index (κ1) is 17.2. The molecule has 5 heteroatoms. The Kier molecular flexibility index (Phi) is 5.23. The van der Waals surface area contributed by atoms with Crippen LogP contribution < -0.4 is 0 Å². The quantitative estimate of drug-likeness (QED) is 0.766. The lowest BCUT2D eigenvalue weighted by molar-refractivity contribution is 0.0835. The lowest BCUT2D eigenvalue weighted by Crippen LogP contribution is -2.55. The largest absolute Gasteiger partial charge is 0.340 e. The minimum Gasteiger partial charge on any atom is -0.340 e. The molecule has 4 nitrogen and oxygen atoms in total. The van der Waals surface area contributed by atoms with E-state index in [1.165, 1.54) is 48.8 Å². The molecule has 3 aliphatic rings. The molecule has 0 unspecified atom stereocenters. The van der Waals surface area contributed by atoms with Crippen LogP contribution in [0.15, 0.2) is 34.2 Å². The second kappa shape index (κ2) is 7.58. The molecule has 1 aromatic carbocycles. The van der Waals surface area contributed by atoms with Crippen molar-refractivity contribution in [1.82, 2.24) is 14.1 Å². The second-order valence-electron chi connectivity index (χ2n) is 7.71. The predicted octanol–water partition coefficient (Wildman–Crippen LogP) is 3.66. The summed E-state index contributed by atoms with van der Waals surface area (Å²) in [5.74, 6) is 1.79. The summed E-state index contributed by atoms with van der Waals surface area (Å²) in [5, 5.41) is 0. The number of rotatable bonds is 4. The Balaban J connectivity index is 1.34. The number of guanidine groups is 1. The van der Waals surface area contributed by atoms with E-state index in [0.717, 1.165) is 32.2 Å². The minimum atomic E-state index is 0.593. The van der Waals surface area contributed by atoms with Gasteiger partial charge in [-0.05, 0) is 48.4 Å². The Morgan fingerprint density at radius 1 is 1.00 bits per heavy atom. The summed E-state index contributed by atoms with van der Waals surface area (Å²) < 4.78 is 2.39. The van der Waals surface area contributed by atoms with Gasteiger partial charge in [-0.3, -0.25) is 14.2 Å². The van der Waals surface area contributed by atoms with E-state index in [-0.39, 0.29) is 0 Å². The van der Waals surface area contributed by atoms with Gasteiger partial charge in [-0.25, -0.2) is 0 Å². The highest BCUT2D eigenvalue weighted by atomic mass is 32.2. The molecule has 0 atom stereocenters. The van der Waals surface area contributed by atoms with E-state index in [2.05, 4.69) is 52.2 Å². The number of piperazine rings is 1. The summed E-state index contributed by atoms with van der Waals surface area (Å²) in [7, 11) is 0. The van der Waals surface area contributed by atoms with Crippen LogP contribution in [0.25, 0.3) is 0 Å². The molecule has 2 fully saturated rings. The molecule has 1 saturated carbocycles. The summed E-state index contributed by atoms with van der Waals surface area (Å²) >= 11 is 1.84. The molecule has 136 valence electrons. The third kappa shape index (κ3) is 3.82. The van der Waals surface area contributed by atoms with E-state index in [1.54, 1.807) is 0 Å². The van der Waals surface area contributed by atoms with Gasteiger partial charge in [0.15, 0.2) is 0 Å². The summed E-state index contributed by atoms with van der Waals surface area (Å²) in [6.45, 7) is 11.1. The highest BCUT2D eigenvalue weighted by Crippen LogP contribution is 2.29. The fourth-order valence-electron chi connectivity index (χ4n) is 3.84. The molecule has 1 aliphatic carbocycles. The van der Waals surface area contributed by atoms with Crippen LogP contribution in [0.2, 0.25) is 0 Å². The van der Waals surface area contributed by atoms with Crippen molar-refractivity contribution in [2.75, 3.05) is 39.3 Å². The van der Waals surface area contributed by atoms with E-state index in [4.69, 9.17) is 4.99 Å². The number of hydrogen-bond acceptors (Lipinski definition) is 5. The van der Waals surface area contributed by atoms with Crippen molar-refractivity contribution >= 4 is 17.9 Å². The molecule has 1 aromatic rings. The Bertz CT molecular complexity index is 601. The maximum Gasteiger partial charge on any atom is 0.207 e. The Labute approximate surface area is 156 Å². The van der Waals surface area contributed by atoms with Crippen LogP contribution in [0.1, 0.15) is 44.6 Å². The van der Waals surface area contributed by atoms with Crippen LogP contribution in [-0.4, -0.2) is 65.4 Å². The van der Waals surface area contributed by atoms with Crippen molar-refractivity contribution in [3.8, 4) is 0 Å². The van der Waals surface area contributed by atoms with Crippen molar-refractivity contribution in [2.24, 2.45) is 4.99 Å². The summed E-state index contributed by atoms with van der Waals surface area (Å²) in [6, 6.07) is 9.90. The van der Waals surface area contributed by atoms with Crippen molar-refractivity contribution in [1.29, 1.82) is 0 Å².